The molecule has 144 valence electrons. The topological polar surface area (TPSA) is 72.8 Å². The van der Waals surface area contributed by atoms with E-state index in [-0.39, 0.29) is 16.9 Å². The van der Waals surface area contributed by atoms with Crippen LogP contribution in [0, 0.1) is 6.92 Å². The van der Waals surface area contributed by atoms with Gasteiger partial charge < -0.3 is 9.72 Å². The minimum Gasteiger partial charge on any atom is -0.406 e. The molecule has 2 heterocycles. The Morgan fingerprint density at radius 3 is 2.37 bits per heavy atom. The van der Waals surface area contributed by atoms with Crippen LogP contribution in [0.3, 0.4) is 0 Å². The lowest BCUT2D eigenvalue weighted by molar-refractivity contribution is -0.274. The number of hydrogen-bond donors (Lipinski definition) is 1. The predicted octanol–water partition coefficient (Wildman–Crippen LogP) is 3.87. The number of ether oxygens (including phenoxy) is 1. The molecule has 0 saturated carbocycles. The zero-order valence-electron chi connectivity index (χ0n) is 14.0. The fourth-order valence-electron chi connectivity index (χ4n) is 2.69. The number of nitrogens with one attached hydrogen (secondary N) is 1. The molecule has 0 aliphatic rings. The van der Waals surface area contributed by atoms with Crippen molar-refractivity contribution in [2.45, 2.75) is 32.7 Å². The van der Waals surface area contributed by atoms with E-state index in [1.807, 2.05) is 0 Å². The van der Waals surface area contributed by atoms with E-state index in [2.05, 4.69) is 19.8 Å². The highest BCUT2D eigenvalue weighted by atomic mass is 19.4. The Bertz CT molecular complexity index is 1020. The van der Waals surface area contributed by atoms with Gasteiger partial charge in [0.15, 0.2) is 5.65 Å². The molecule has 0 aliphatic heterocycles. The first-order valence-electron chi connectivity index (χ1n) is 7.69. The van der Waals surface area contributed by atoms with Crippen LogP contribution in [0.5, 0.6) is 5.75 Å². The fraction of sp³-hybridized carbons (Fsp3) is 0.312. The van der Waals surface area contributed by atoms with Crippen LogP contribution in [0.25, 0.3) is 11.0 Å². The molecule has 11 heteroatoms. The maximum atomic E-state index is 13.3. The molecule has 1 aromatic carbocycles. The van der Waals surface area contributed by atoms with Gasteiger partial charge >= 0.3 is 6.36 Å². The van der Waals surface area contributed by atoms with Crippen LogP contribution < -0.4 is 10.3 Å². The van der Waals surface area contributed by atoms with E-state index in [9.17, 15) is 26.7 Å². The summed E-state index contributed by atoms with van der Waals surface area (Å²) in [7, 11) is 0. The summed E-state index contributed by atoms with van der Waals surface area (Å²) in [6.07, 6.45) is -7.81. The second-order valence-electron chi connectivity index (χ2n) is 5.77. The van der Waals surface area contributed by atoms with Crippen molar-refractivity contribution >= 4 is 11.0 Å². The van der Waals surface area contributed by atoms with Crippen LogP contribution >= 0.6 is 0 Å². The van der Waals surface area contributed by atoms with Crippen LogP contribution in [0.2, 0.25) is 0 Å². The van der Waals surface area contributed by atoms with Gasteiger partial charge in [-0.3, -0.25) is 4.79 Å². The minimum absolute atomic E-state index is 0.0327. The molecule has 0 radical (unpaired) electrons. The molecule has 0 fully saturated rings. The predicted molar refractivity (Wildman–Crippen MR) is 84.8 cm³/mol. The first kappa shape index (κ1) is 18.8. The van der Waals surface area contributed by atoms with Gasteiger partial charge in [-0.1, -0.05) is 12.1 Å². The van der Waals surface area contributed by atoms with E-state index in [4.69, 9.17) is 0 Å². The first-order chi connectivity index (χ1) is 12.6. The molecule has 2 aromatic heterocycles. The smallest absolute Gasteiger partial charge is 0.406 e. The molecule has 0 aliphatic carbocycles. The van der Waals surface area contributed by atoms with Crippen LogP contribution in [0.1, 0.15) is 36.5 Å². The van der Waals surface area contributed by atoms with Gasteiger partial charge in [-0.05, 0) is 31.5 Å². The van der Waals surface area contributed by atoms with Gasteiger partial charge in [0.05, 0.1) is 6.04 Å². The third-order valence-corrected chi connectivity index (χ3v) is 3.88. The summed E-state index contributed by atoms with van der Waals surface area (Å²) in [6.45, 7) is 3.09. The van der Waals surface area contributed by atoms with E-state index >= 15 is 0 Å². The van der Waals surface area contributed by atoms with Gasteiger partial charge in [0.25, 0.3) is 12.0 Å². The van der Waals surface area contributed by atoms with E-state index in [0.717, 1.165) is 16.8 Å². The summed E-state index contributed by atoms with van der Waals surface area (Å²) in [5.74, 6) is -0.196. The molecular weight excluding hydrogens is 375 g/mol. The SMILES string of the molecule is Cc1nc2c(c(C(F)F)nn2C(C)c2ccc(OC(F)(F)F)cc2)c(=O)[nH]1. The molecule has 1 atom stereocenters. The van der Waals surface area contributed by atoms with Crippen LogP contribution in [0.15, 0.2) is 29.1 Å². The molecule has 0 bridgehead atoms. The average Bonchev–Trinajstić information content (AvgIpc) is 2.93. The number of rotatable bonds is 4. The van der Waals surface area contributed by atoms with Crippen LogP contribution in [0.4, 0.5) is 22.0 Å². The summed E-state index contributed by atoms with van der Waals surface area (Å²) < 4.78 is 68.3. The molecule has 0 spiro atoms. The lowest BCUT2D eigenvalue weighted by Crippen LogP contribution is -2.17. The maximum Gasteiger partial charge on any atom is 0.573 e. The molecule has 1 unspecified atom stereocenters. The van der Waals surface area contributed by atoms with Gasteiger partial charge in [-0.15, -0.1) is 13.2 Å². The van der Waals surface area contributed by atoms with E-state index < -0.39 is 35.8 Å². The third kappa shape index (κ3) is 3.76. The minimum atomic E-state index is -4.82. The Morgan fingerprint density at radius 2 is 1.81 bits per heavy atom. The number of aromatic nitrogens is 4. The number of benzene rings is 1. The quantitative estimate of drug-likeness (QED) is 0.689. The summed E-state index contributed by atoms with van der Waals surface area (Å²) in [5, 5.41) is 3.50. The van der Waals surface area contributed by atoms with Crippen molar-refractivity contribution in [3.63, 3.8) is 0 Å². The van der Waals surface area contributed by atoms with Gasteiger partial charge in [-0.25, -0.2) is 18.4 Å². The lowest BCUT2D eigenvalue weighted by Gasteiger charge is -2.15. The molecule has 1 N–H and O–H groups in total. The molecule has 0 amide bonds. The summed E-state index contributed by atoms with van der Waals surface area (Å²) >= 11 is 0. The van der Waals surface area contributed by atoms with Gasteiger partial charge in [-0.2, -0.15) is 5.10 Å². The average molecular weight is 388 g/mol. The zero-order valence-corrected chi connectivity index (χ0v) is 14.0. The van der Waals surface area contributed by atoms with Crippen molar-refractivity contribution in [2.75, 3.05) is 0 Å². The maximum absolute atomic E-state index is 13.3. The third-order valence-electron chi connectivity index (χ3n) is 3.88. The number of hydrogen-bond acceptors (Lipinski definition) is 4. The summed E-state index contributed by atoms with van der Waals surface area (Å²) in [6, 6.07) is 4.23. The van der Waals surface area contributed by atoms with Gasteiger partial charge in [0, 0.05) is 0 Å². The Balaban J connectivity index is 2.06. The number of alkyl halides is 5. The first-order valence-corrected chi connectivity index (χ1v) is 7.69. The Labute approximate surface area is 148 Å². The van der Waals surface area contributed by atoms with Crippen molar-refractivity contribution in [3.05, 3.63) is 51.7 Å². The Kier molecular flexibility index (Phi) is 4.62. The number of nitrogens with zero attached hydrogens (tertiary/aromatic N) is 3. The second kappa shape index (κ2) is 6.63. The van der Waals surface area contributed by atoms with Crippen molar-refractivity contribution in [3.8, 4) is 5.75 Å². The van der Waals surface area contributed by atoms with Crippen LogP contribution in [-0.4, -0.2) is 26.1 Å². The zero-order chi connectivity index (χ0) is 19.9. The number of aryl methyl sites for hydroxylation is 1. The Morgan fingerprint density at radius 1 is 1.19 bits per heavy atom. The van der Waals surface area contributed by atoms with Crippen LogP contribution in [-0.2, 0) is 0 Å². The van der Waals surface area contributed by atoms with Crippen molar-refractivity contribution in [1.29, 1.82) is 0 Å². The van der Waals surface area contributed by atoms with Crippen molar-refractivity contribution in [1.82, 2.24) is 19.7 Å². The molecular formula is C16H13F5N4O2. The normalized spacial score (nSPS) is 13.3. The molecule has 3 rings (SSSR count). The van der Waals surface area contributed by atoms with Crippen molar-refractivity contribution in [2.24, 2.45) is 0 Å². The summed E-state index contributed by atoms with van der Waals surface area (Å²) in [4.78, 5) is 18.5. The second-order valence-corrected chi connectivity index (χ2v) is 5.77. The lowest BCUT2D eigenvalue weighted by atomic mass is 10.1. The monoisotopic (exact) mass is 388 g/mol. The van der Waals surface area contributed by atoms with Gasteiger partial charge in [0.2, 0.25) is 0 Å². The fourth-order valence-corrected chi connectivity index (χ4v) is 2.69. The Hall–Kier alpha value is -2.98. The standard InChI is InChI=1S/C16H13F5N4O2/c1-7(9-3-5-10(6-4-9)27-16(19,20)21)25-14-11(12(24-25)13(17)18)15(26)23-8(2)22-14/h3-7,13H,1-2H3,(H,22,23,26). The van der Waals surface area contributed by atoms with Gasteiger partial charge in [0.1, 0.15) is 22.7 Å². The number of halogens is 5. The highest BCUT2D eigenvalue weighted by Crippen LogP contribution is 2.29. The van der Waals surface area contributed by atoms with E-state index in [1.165, 1.54) is 19.1 Å². The molecule has 3 aromatic rings. The van der Waals surface area contributed by atoms with E-state index in [0.29, 0.717) is 5.56 Å². The number of aromatic amines is 1. The highest BCUT2D eigenvalue weighted by Gasteiger charge is 2.31. The molecule has 0 saturated heterocycles. The molecule has 6 nitrogen and oxygen atoms in total. The largest absolute Gasteiger partial charge is 0.573 e. The summed E-state index contributed by atoms with van der Waals surface area (Å²) in [5.41, 5.74) is -1.01. The highest BCUT2D eigenvalue weighted by molar-refractivity contribution is 5.77. The number of fused-ring (bicyclic) bond motifs is 1. The molecule has 27 heavy (non-hydrogen) atoms. The van der Waals surface area contributed by atoms with E-state index in [1.54, 1.807) is 6.92 Å². The number of H-pyrrole nitrogens is 1. The van der Waals surface area contributed by atoms with Crippen molar-refractivity contribution < 1.29 is 26.7 Å².